The van der Waals surface area contributed by atoms with Crippen molar-refractivity contribution in [2.24, 2.45) is 14.1 Å². The topological polar surface area (TPSA) is 68.3 Å². The number of nitrogens with zero attached hydrogens (tertiary/aromatic N) is 6. The number of para-hydroxylation sites is 1. The normalized spacial score (nSPS) is 14.9. The molecule has 3 heterocycles. The van der Waals surface area contributed by atoms with E-state index >= 15 is 0 Å². The van der Waals surface area contributed by atoms with Gasteiger partial charge in [0.2, 0.25) is 0 Å². The Morgan fingerprint density at radius 1 is 1.00 bits per heavy atom. The quantitative estimate of drug-likeness (QED) is 0.643. The minimum Gasteiger partial charge on any atom is -0.368 e. The van der Waals surface area contributed by atoms with Gasteiger partial charge in [0.15, 0.2) is 11.2 Å². The Labute approximate surface area is 174 Å². The van der Waals surface area contributed by atoms with Gasteiger partial charge in [-0.1, -0.05) is 31.2 Å². The van der Waals surface area contributed by atoms with Gasteiger partial charge in [0.1, 0.15) is 0 Å². The van der Waals surface area contributed by atoms with Crippen LogP contribution in [0.3, 0.4) is 0 Å². The Bertz CT molecular complexity index is 1120. The molecule has 0 unspecified atom stereocenters. The molecular formula is C20H27ClN6O2. The number of anilines is 1. The van der Waals surface area contributed by atoms with Crippen LogP contribution in [0.2, 0.25) is 5.02 Å². The van der Waals surface area contributed by atoms with Gasteiger partial charge in [-0.25, -0.2) is 9.78 Å². The van der Waals surface area contributed by atoms with Crippen molar-refractivity contribution in [2.45, 2.75) is 14.0 Å². The predicted octanol–water partition coefficient (Wildman–Crippen LogP) is 1.55. The molecule has 3 aromatic rings. The third kappa shape index (κ3) is 3.82. The van der Waals surface area contributed by atoms with E-state index < -0.39 is 0 Å². The Kier molecular flexibility index (Phi) is 6.14. The standard InChI is InChI=1S/C19H23ClN6O2.CH4/c1-22-17-16(18(27)23(2)19(22)28)26(13-21-17)12-9-24-7-10-25(11-8-24)15-6-4-3-5-14(15)20;/h3-6,13H,7-12H2,1-2H3;1H4. The SMILES string of the molecule is C.Cn1c(=O)c2c(ncn2CCN2CCN(c3ccccc3Cl)CC2)n(C)c1=O. The van der Waals surface area contributed by atoms with Crippen molar-refractivity contribution in [2.75, 3.05) is 37.6 Å². The van der Waals surface area contributed by atoms with E-state index in [2.05, 4.69) is 20.9 Å². The van der Waals surface area contributed by atoms with E-state index in [9.17, 15) is 9.59 Å². The maximum Gasteiger partial charge on any atom is 0.332 e. The van der Waals surface area contributed by atoms with Crippen LogP contribution in [-0.2, 0) is 20.6 Å². The molecule has 0 saturated carbocycles. The van der Waals surface area contributed by atoms with Crippen LogP contribution in [0.15, 0.2) is 40.2 Å². The minimum atomic E-state index is -0.363. The highest BCUT2D eigenvalue weighted by Gasteiger charge is 2.19. The summed E-state index contributed by atoms with van der Waals surface area (Å²) < 4.78 is 4.38. The molecule has 0 amide bonds. The van der Waals surface area contributed by atoms with Crippen LogP contribution in [0.1, 0.15) is 7.43 Å². The molecule has 0 bridgehead atoms. The fourth-order valence-corrected chi connectivity index (χ4v) is 3.99. The molecule has 156 valence electrons. The monoisotopic (exact) mass is 418 g/mol. The van der Waals surface area contributed by atoms with Crippen molar-refractivity contribution in [3.8, 4) is 0 Å². The fourth-order valence-electron chi connectivity index (χ4n) is 3.74. The number of hydrogen-bond donors (Lipinski definition) is 0. The summed E-state index contributed by atoms with van der Waals surface area (Å²) in [5, 5.41) is 0.780. The van der Waals surface area contributed by atoms with E-state index in [-0.39, 0.29) is 18.7 Å². The average Bonchev–Trinajstić information content (AvgIpc) is 3.14. The molecule has 0 radical (unpaired) electrons. The van der Waals surface area contributed by atoms with Crippen LogP contribution in [0.4, 0.5) is 5.69 Å². The highest BCUT2D eigenvalue weighted by Crippen LogP contribution is 2.26. The number of hydrogen-bond acceptors (Lipinski definition) is 5. The first-order valence-corrected chi connectivity index (χ1v) is 9.68. The van der Waals surface area contributed by atoms with Gasteiger partial charge in [0.05, 0.1) is 17.0 Å². The van der Waals surface area contributed by atoms with Crippen LogP contribution < -0.4 is 16.1 Å². The second-order valence-corrected chi connectivity index (χ2v) is 7.50. The molecule has 9 heteroatoms. The third-order valence-corrected chi connectivity index (χ3v) is 5.76. The molecule has 1 saturated heterocycles. The number of rotatable bonds is 4. The van der Waals surface area contributed by atoms with Gasteiger partial charge in [0.25, 0.3) is 5.56 Å². The first kappa shape index (κ1) is 21.1. The molecule has 1 fully saturated rings. The zero-order valence-electron chi connectivity index (χ0n) is 16.0. The van der Waals surface area contributed by atoms with E-state index in [0.29, 0.717) is 17.7 Å². The number of fused-ring (bicyclic) bond motifs is 1. The molecule has 0 N–H and O–H groups in total. The van der Waals surface area contributed by atoms with Crippen molar-refractivity contribution in [1.82, 2.24) is 23.6 Å². The number of benzene rings is 1. The Balaban J connectivity index is 0.00000240. The van der Waals surface area contributed by atoms with Crippen molar-refractivity contribution >= 4 is 28.5 Å². The molecule has 0 aliphatic carbocycles. The van der Waals surface area contributed by atoms with E-state index in [1.165, 1.54) is 11.6 Å². The highest BCUT2D eigenvalue weighted by molar-refractivity contribution is 6.33. The molecular weight excluding hydrogens is 392 g/mol. The molecule has 0 atom stereocenters. The second kappa shape index (κ2) is 8.42. The maximum absolute atomic E-state index is 12.5. The van der Waals surface area contributed by atoms with Crippen LogP contribution in [0.25, 0.3) is 11.2 Å². The van der Waals surface area contributed by atoms with Gasteiger partial charge < -0.3 is 9.47 Å². The first-order chi connectivity index (χ1) is 13.5. The van der Waals surface area contributed by atoms with Crippen LogP contribution in [0, 0.1) is 0 Å². The number of aryl methyl sites for hydroxylation is 1. The van der Waals surface area contributed by atoms with Crippen LogP contribution in [-0.4, -0.2) is 56.3 Å². The van der Waals surface area contributed by atoms with Crippen molar-refractivity contribution in [3.63, 3.8) is 0 Å². The Hall–Kier alpha value is -2.58. The lowest BCUT2D eigenvalue weighted by Crippen LogP contribution is -2.47. The molecule has 29 heavy (non-hydrogen) atoms. The molecule has 2 aromatic heterocycles. The van der Waals surface area contributed by atoms with Gasteiger partial charge in [-0.2, -0.15) is 0 Å². The Morgan fingerprint density at radius 2 is 1.69 bits per heavy atom. The van der Waals surface area contributed by atoms with E-state index in [1.54, 1.807) is 13.4 Å². The predicted molar refractivity (Wildman–Crippen MR) is 117 cm³/mol. The summed E-state index contributed by atoms with van der Waals surface area (Å²) in [5.41, 5.74) is 1.31. The number of aromatic nitrogens is 4. The average molecular weight is 419 g/mol. The molecule has 8 nitrogen and oxygen atoms in total. The van der Waals surface area contributed by atoms with Gasteiger partial charge in [-0.05, 0) is 12.1 Å². The van der Waals surface area contributed by atoms with Gasteiger partial charge in [-0.15, -0.1) is 0 Å². The summed E-state index contributed by atoms with van der Waals surface area (Å²) in [5.74, 6) is 0. The first-order valence-electron chi connectivity index (χ1n) is 9.30. The summed E-state index contributed by atoms with van der Waals surface area (Å²) >= 11 is 6.31. The summed E-state index contributed by atoms with van der Waals surface area (Å²) in [6.07, 6.45) is 1.64. The van der Waals surface area contributed by atoms with Crippen LogP contribution >= 0.6 is 11.6 Å². The van der Waals surface area contributed by atoms with Crippen molar-refractivity contribution < 1.29 is 0 Å². The summed E-state index contributed by atoms with van der Waals surface area (Å²) in [6.45, 7) is 5.13. The van der Waals surface area contributed by atoms with E-state index in [1.807, 2.05) is 22.8 Å². The van der Waals surface area contributed by atoms with Crippen molar-refractivity contribution in [1.29, 1.82) is 0 Å². The summed E-state index contributed by atoms with van der Waals surface area (Å²) in [7, 11) is 3.13. The lowest BCUT2D eigenvalue weighted by Gasteiger charge is -2.36. The zero-order valence-corrected chi connectivity index (χ0v) is 16.8. The number of imidazole rings is 1. The van der Waals surface area contributed by atoms with E-state index in [4.69, 9.17) is 11.6 Å². The lowest BCUT2D eigenvalue weighted by atomic mass is 10.2. The second-order valence-electron chi connectivity index (χ2n) is 7.10. The largest absolute Gasteiger partial charge is 0.368 e. The Morgan fingerprint density at radius 3 is 2.38 bits per heavy atom. The third-order valence-electron chi connectivity index (χ3n) is 5.44. The minimum absolute atomic E-state index is 0. The molecule has 4 rings (SSSR count). The van der Waals surface area contributed by atoms with Crippen LogP contribution in [0.5, 0.6) is 0 Å². The van der Waals surface area contributed by atoms with Gasteiger partial charge in [-0.3, -0.25) is 18.8 Å². The van der Waals surface area contributed by atoms with Gasteiger partial charge in [0, 0.05) is 53.4 Å². The highest BCUT2D eigenvalue weighted by atomic mass is 35.5. The fraction of sp³-hybridized carbons (Fsp3) is 0.450. The summed E-state index contributed by atoms with van der Waals surface area (Å²) in [6, 6.07) is 7.92. The molecule has 1 aromatic carbocycles. The van der Waals surface area contributed by atoms with Gasteiger partial charge >= 0.3 is 5.69 Å². The summed E-state index contributed by atoms with van der Waals surface area (Å²) in [4.78, 5) is 33.5. The molecule has 1 aliphatic heterocycles. The molecule has 1 aliphatic rings. The lowest BCUT2D eigenvalue weighted by molar-refractivity contribution is 0.249. The van der Waals surface area contributed by atoms with Crippen molar-refractivity contribution in [3.05, 3.63) is 56.5 Å². The van der Waals surface area contributed by atoms with E-state index in [0.717, 1.165) is 48.0 Å². The maximum atomic E-state index is 12.5. The smallest absolute Gasteiger partial charge is 0.332 e. The zero-order chi connectivity index (χ0) is 19.8. The number of halogens is 1. The number of piperazine rings is 1. The molecule has 0 spiro atoms.